The first kappa shape index (κ1) is 18.1. The summed E-state index contributed by atoms with van der Waals surface area (Å²) in [7, 11) is 0. The van der Waals surface area contributed by atoms with E-state index < -0.39 is 12.0 Å². The van der Waals surface area contributed by atoms with Crippen LogP contribution in [0.25, 0.3) is 10.6 Å². The third-order valence-electron chi connectivity index (χ3n) is 3.50. The molecule has 0 saturated carbocycles. The van der Waals surface area contributed by atoms with Gasteiger partial charge in [-0.15, -0.1) is 11.3 Å². The first-order chi connectivity index (χ1) is 11.3. The molecule has 1 atom stereocenters. The second kappa shape index (κ2) is 8.06. The van der Waals surface area contributed by atoms with Gasteiger partial charge in [-0.05, 0) is 25.3 Å². The highest BCUT2D eigenvalue weighted by atomic mass is 32.1. The third-order valence-corrected chi connectivity index (χ3v) is 4.44. The number of thiazole rings is 1. The van der Waals surface area contributed by atoms with Crippen LogP contribution in [-0.4, -0.2) is 28.0 Å². The van der Waals surface area contributed by atoms with Crippen molar-refractivity contribution < 1.29 is 14.7 Å². The monoisotopic (exact) mass is 346 g/mol. The number of nitrogens with one attached hydrogen (secondary N) is 1. The SMILES string of the molecule is Cc1cccc(-c2nc(CC(=O)NC(CC(C)C)C(=O)O)cs2)c1. The molecule has 0 radical (unpaired) electrons. The van der Waals surface area contributed by atoms with Crippen molar-refractivity contribution in [2.75, 3.05) is 0 Å². The van der Waals surface area contributed by atoms with Gasteiger partial charge in [0.15, 0.2) is 0 Å². The van der Waals surface area contributed by atoms with Crippen molar-refractivity contribution in [3.8, 4) is 10.6 Å². The largest absolute Gasteiger partial charge is 0.480 e. The number of hydrogen-bond donors (Lipinski definition) is 2. The summed E-state index contributed by atoms with van der Waals surface area (Å²) in [6.45, 7) is 5.87. The lowest BCUT2D eigenvalue weighted by Crippen LogP contribution is -2.42. The minimum Gasteiger partial charge on any atom is -0.480 e. The van der Waals surface area contributed by atoms with Gasteiger partial charge < -0.3 is 10.4 Å². The van der Waals surface area contributed by atoms with Gasteiger partial charge in [0, 0.05) is 10.9 Å². The van der Waals surface area contributed by atoms with Crippen molar-refractivity contribution >= 4 is 23.2 Å². The zero-order valence-corrected chi connectivity index (χ0v) is 14.9. The fourth-order valence-corrected chi connectivity index (χ4v) is 3.22. The van der Waals surface area contributed by atoms with E-state index in [2.05, 4.69) is 10.3 Å². The fraction of sp³-hybridized carbons (Fsp3) is 0.389. The summed E-state index contributed by atoms with van der Waals surface area (Å²) >= 11 is 1.48. The highest BCUT2D eigenvalue weighted by molar-refractivity contribution is 7.13. The molecular weight excluding hydrogens is 324 g/mol. The highest BCUT2D eigenvalue weighted by Gasteiger charge is 2.21. The van der Waals surface area contributed by atoms with Crippen LogP contribution >= 0.6 is 11.3 Å². The van der Waals surface area contributed by atoms with E-state index in [4.69, 9.17) is 0 Å². The molecule has 0 spiro atoms. The number of rotatable bonds is 7. The minimum atomic E-state index is -1.00. The molecule has 24 heavy (non-hydrogen) atoms. The molecule has 1 aromatic carbocycles. The summed E-state index contributed by atoms with van der Waals surface area (Å²) in [6.07, 6.45) is 0.497. The number of carboxylic acid groups (broad SMARTS) is 1. The quantitative estimate of drug-likeness (QED) is 0.806. The molecular formula is C18H22N2O3S. The van der Waals surface area contributed by atoms with E-state index in [9.17, 15) is 14.7 Å². The number of nitrogens with zero attached hydrogens (tertiary/aromatic N) is 1. The van der Waals surface area contributed by atoms with Crippen molar-refractivity contribution in [3.63, 3.8) is 0 Å². The average molecular weight is 346 g/mol. The first-order valence-corrected chi connectivity index (χ1v) is 8.76. The lowest BCUT2D eigenvalue weighted by atomic mass is 10.0. The van der Waals surface area contributed by atoms with Gasteiger partial charge >= 0.3 is 5.97 Å². The van der Waals surface area contributed by atoms with E-state index >= 15 is 0 Å². The molecule has 1 amide bonds. The summed E-state index contributed by atoms with van der Waals surface area (Å²) in [4.78, 5) is 27.8. The van der Waals surface area contributed by atoms with E-state index in [0.29, 0.717) is 12.1 Å². The number of amides is 1. The number of aliphatic carboxylic acids is 1. The Hall–Kier alpha value is -2.21. The van der Waals surface area contributed by atoms with Crippen LogP contribution in [0.2, 0.25) is 0 Å². The molecule has 0 aliphatic heterocycles. The zero-order valence-electron chi connectivity index (χ0n) is 14.1. The van der Waals surface area contributed by atoms with Crippen LogP contribution in [0, 0.1) is 12.8 Å². The number of carbonyl (C=O) groups excluding carboxylic acids is 1. The van der Waals surface area contributed by atoms with Crippen LogP contribution in [0.15, 0.2) is 29.6 Å². The Morgan fingerprint density at radius 3 is 2.71 bits per heavy atom. The smallest absolute Gasteiger partial charge is 0.326 e. The Morgan fingerprint density at radius 1 is 1.33 bits per heavy atom. The summed E-state index contributed by atoms with van der Waals surface area (Å²) < 4.78 is 0. The van der Waals surface area contributed by atoms with Gasteiger partial charge in [-0.2, -0.15) is 0 Å². The van der Waals surface area contributed by atoms with Crippen LogP contribution in [0.4, 0.5) is 0 Å². The standard InChI is InChI=1S/C18H22N2O3S/c1-11(2)7-15(18(22)23)20-16(21)9-14-10-24-17(19-14)13-6-4-5-12(3)8-13/h4-6,8,10-11,15H,7,9H2,1-3H3,(H,20,21)(H,22,23). The van der Waals surface area contributed by atoms with Crippen molar-refractivity contribution in [1.29, 1.82) is 0 Å². The maximum absolute atomic E-state index is 12.1. The number of hydrogen-bond acceptors (Lipinski definition) is 4. The van der Waals surface area contributed by atoms with Gasteiger partial charge in [0.2, 0.25) is 5.91 Å². The van der Waals surface area contributed by atoms with Crippen molar-refractivity contribution in [2.24, 2.45) is 5.92 Å². The number of benzene rings is 1. The van der Waals surface area contributed by atoms with E-state index in [1.54, 1.807) is 0 Å². The summed E-state index contributed by atoms with van der Waals surface area (Å²) in [5.41, 5.74) is 2.83. The molecule has 2 N–H and O–H groups in total. The Bertz CT molecular complexity index is 725. The maximum Gasteiger partial charge on any atom is 0.326 e. The molecule has 1 unspecified atom stereocenters. The Balaban J connectivity index is 2.01. The molecule has 2 aromatic rings. The lowest BCUT2D eigenvalue weighted by Gasteiger charge is -2.16. The fourth-order valence-electron chi connectivity index (χ4n) is 2.40. The summed E-state index contributed by atoms with van der Waals surface area (Å²) in [6, 6.07) is 7.17. The predicted molar refractivity (Wildman–Crippen MR) is 95.0 cm³/mol. The van der Waals surface area contributed by atoms with E-state index in [1.165, 1.54) is 11.3 Å². The van der Waals surface area contributed by atoms with Gasteiger partial charge in [-0.3, -0.25) is 4.79 Å². The Morgan fingerprint density at radius 2 is 2.08 bits per heavy atom. The molecule has 0 aliphatic rings. The van der Waals surface area contributed by atoms with Crippen LogP contribution in [-0.2, 0) is 16.0 Å². The maximum atomic E-state index is 12.1. The Labute approximate surface area is 145 Å². The molecule has 1 heterocycles. The third kappa shape index (κ3) is 5.16. The summed E-state index contributed by atoms with van der Waals surface area (Å²) in [5, 5.41) is 14.5. The van der Waals surface area contributed by atoms with E-state index in [0.717, 1.165) is 16.1 Å². The molecule has 0 fully saturated rings. The second-order valence-corrected chi connectivity index (χ2v) is 7.14. The van der Waals surface area contributed by atoms with Crippen molar-refractivity contribution in [3.05, 3.63) is 40.9 Å². The number of carboxylic acids is 1. The normalized spacial score (nSPS) is 12.2. The van der Waals surface area contributed by atoms with Gasteiger partial charge in [-0.1, -0.05) is 37.6 Å². The van der Waals surface area contributed by atoms with Gasteiger partial charge in [-0.25, -0.2) is 9.78 Å². The molecule has 128 valence electrons. The van der Waals surface area contributed by atoms with Crippen molar-refractivity contribution in [2.45, 2.75) is 39.7 Å². The molecule has 6 heteroatoms. The molecule has 0 bridgehead atoms. The van der Waals surface area contributed by atoms with Crippen LogP contribution in [0.1, 0.15) is 31.5 Å². The number of aromatic nitrogens is 1. The topological polar surface area (TPSA) is 79.3 Å². The van der Waals surface area contributed by atoms with Crippen LogP contribution < -0.4 is 5.32 Å². The molecule has 2 rings (SSSR count). The van der Waals surface area contributed by atoms with Crippen LogP contribution in [0.5, 0.6) is 0 Å². The first-order valence-electron chi connectivity index (χ1n) is 7.88. The predicted octanol–water partition coefficient (Wildman–Crippen LogP) is 3.28. The number of carbonyl (C=O) groups is 2. The lowest BCUT2D eigenvalue weighted by molar-refractivity contribution is -0.142. The van der Waals surface area contributed by atoms with E-state index in [-0.39, 0.29) is 18.2 Å². The van der Waals surface area contributed by atoms with Gasteiger partial charge in [0.05, 0.1) is 12.1 Å². The highest BCUT2D eigenvalue weighted by Crippen LogP contribution is 2.24. The molecule has 1 aromatic heterocycles. The number of aryl methyl sites for hydroxylation is 1. The Kier molecular flexibility index (Phi) is 6.09. The second-order valence-electron chi connectivity index (χ2n) is 6.28. The van der Waals surface area contributed by atoms with Gasteiger partial charge in [0.25, 0.3) is 0 Å². The van der Waals surface area contributed by atoms with Crippen molar-refractivity contribution in [1.82, 2.24) is 10.3 Å². The van der Waals surface area contributed by atoms with E-state index in [1.807, 2.05) is 50.4 Å². The minimum absolute atomic E-state index is 0.0875. The average Bonchev–Trinajstić information content (AvgIpc) is 2.94. The summed E-state index contributed by atoms with van der Waals surface area (Å²) in [5.74, 6) is -1.13. The zero-order chi connectivity index (χ0) is 17.7. The molecule has 0 saturated heterocycles. The van der Waals surface area contributed by atoms with Gasteiger partial charge in [0.1, 0.15) is 11.0 Å². The molecule has 0 aliphatic carbocycles. The molecule has 5 nitrogen and oxygen atoms in total. The van der Waals surface area contributed by atoms with Crippen LogP contribution in [0.3, 0.4) is 0 Å².